The Kier molecular flexibility index (Phi) is 8.12. The standard InChI is InChI=1S/C31H31N5O3/c1-39-27-14-12-26(13-15-27)31(38)36(22-24-8-4-2-5-9-24)23-30(37)35-20-18-34(19-21-35)29-17-16-28(32-33-29)25-10-6-3-7-11-25/h2-17H,18-23H2,1H3. The number of benzene rings is 3. The van der Waals surface area contributed by atoms with Gasteiger partial charge in [0.2, 0.25) is 5.91 Å². The number of anilines is 1. The molecule has 4 aromatic rings. The number of carbonyl (C=O) groups excluding carboxylic acids is 2. The molecule has 8 heteroatoms. The molecule has 1 aliphatic heterocycles. The summed E-state index contributed by atoms with van der Waals surface area (Å²) in [6.45, 7) is 2.76. The van der Waals surface area contributed by atoms with Crippen LogP contribution in [0.2, 0.25) is 0 Å². The summed E-state index contributed by atoms with van der Waals surface area (Å²) in [5, 5.41) is 8.82. The Morgan fingerprint density at radius 3 is 2.08 bits per heavy atom. The Labute approximate surface area is 228 Å². The molecule has 0 bridgehead atoms. The van der Waals surface area contributed by atoms with Gasteiger partial charge in [0.25, 0.3) is 5.91 Å². The molecule has 2 heterocycles. The molecule has 0 atom stereocenters. The van der Waals surface area contributed by atoms with Crippen LogP contribution in [0, 0.1) is 0 Å². The largest absolute Gasteiger partial charge is 0.497 e. The molecule has 1 saturated heterocycles. The van der Waals surface area contributed by atoms with E-state index in [9.17, 15) is 9.59 Å². The average Bonchev–Trinajstić information content (AvgIpc) is 3.01. The number of hydrogen-bond acceptors (Lipinski definition) is 6. The Morgan fingerprint density at radius 1 is 0.795 bits per heavy atom. The molecular weight excluding hydrogens is 490 g/mol. The van der Waals surface area contributed by atoms with Gasteiger partial charge in [-0.05, 0) is 42.0 Å². The van der Waals surface area contributed by atoms with Crippen molar-refractivity contribution in [3.8, 4) is 17.0 Å². The van der Waals surface area contributed by atoms with E-state index >= 15 is 0 Å². The molecule has 198 valence electrons. The fourth-order valence-electron chi connectivity index (χ4n) is 4.62. The van der Waals surface area contributed by atoms with Crippen LogP contribution in [-0.2, 0) is 11.3 Å². The molecule has 0 unspecified atom stereocenters. The SMILES string of the molecule is COc1ccc(C(=O)N(CC(=O)N2CCN(c3ccc(-c4ccccc4)nn3)CC2)Cc2ccccc2)cc1. The van der Waals surface area contributed by atoms with Crippen molar-refractivity contribution in [2.24, 2.45) is 0 Å². The molecule has 0 aliphatic carbocycles. The molecule has 39 heavy (non-hydrogen) atoms. The van der Waals surface area contributed by atoms with Crippen molar-refractivity contribution in [1.82, 2.24) is 20.0 Å². The summed E-state index contributed by atoms with van der Waals surface area (Å²) in [5.41, 5.74) is 3.33. The van der Waals surface area contributed by atoms with E-state index in [1.165, 1.54) is 0 Å². The summed E-state index contributed by atoms with van der Waals surface area (Å²) in [6, 6.07) is 30.6. The van der Waals surface area contributed by atoms with Crippen molar-refractivity contribution >= 4 is 17.6 Å². The topological polar surface area (TPSA) is 78.9 Å². The van der Waals surface area contributed by atoms with Crippen LogP contribution in [0.5, 0.6) is 5.75 Å². The van der Waals surface area contributed by atoms with Gasteiger partial charge in [-0.3, -0.25) is 9.59 Å². The Balaban J connectivity index is 1.22. The van der Waals surface area contributed by atoms with Crippen LogP contribution in [0.3, 0.4) is 0 Å². The maximum atomic E-state index is 13.4. The van der Waals surface area contributed by atoms with Crippen LogP contribution in [0.25, 0.3) is 11.3 Å². The Morgan fingerprint density at radius 2 is 1.46 bits per heavy atom. The van der Waals surface area contributed by atoms with Crippen LogP contribution in [0.15, 0.2) is 97.1 Å². The monoisotopic (exact) mass is 521 g/mol. The number of hydrogen-bond donors (Lipinski definition) is 0. The third-order valence-corrected chi connectivity index (χ3v) is 6.84. The zero-order valence-corrected chi connectivity index (χ0v) is 21.9. The van der Waals surface area contributed by atoms with E-state index in [1.54, 1.807) is 36.3 Å². The van der Waals surface area contributed by atoms with Crippen molar-refractivity contribution in [2.45, 2.75) is 6.54 Å². The first kappa shape index (κ1) is 25.9. The summed E-state index contributed by atoms with van der Waals surface area (Å²) in [5.74, 6) is 1.21. The normalized spacial score (nSPS) is 13.2. The molecule has 1 fully saturated rings. The van der Waals surface area contributed by atoms with E-state index in [4.69, 9.17) is 4.74 Å². The molecule has 0 spiro atoms. The number of carbonyl (C=O) groups is 2. The van der Waals surface area contributed by atoms with Gasteiger partial charge in [-0.15, -0.1) is 10.2 Å². The summed E-state index contributed by atoms with van der Waals surface area (Å²) >= 11 is 0. The van der Waals surface area contributed by atoms with Gasteiger partial charge in [-0.25, -0.2) is 0 Å². The first-order chi connectivity index (χ1) is 19.1. The minimum absolute atomic E-state index is 0.00529. The third kappa shape index (κ3) is 6.41. The molecule has 8 nitrogen and oxygen atoms in total. The van der Waals surface area contributed by atoms with Crippen molar-refractivity contribution in [2.75, 3.05) is 44.7 Å². The van der Waals surface area contributed by atoms with E-state index in [1.807, 2.05) is 77.7 Å². The first-order valence-electron chi connectivity index (χ1n) is 13.0. The zero-order valence-electron chi connectivity index (χ0n) is 21.9. The summed E-state index contributed by atoms with van der Waals surface area (Å²) in [6.07, 6.45) is 0. The second kappa shape index (κ2) is 12.2. The van der Waals surface area contributed by atoms with Gasteiger partial charge in [0, 0.05) is 43.9 Å². The van der Waals surface area contributed by atoms with Gasteiger partial charge in [-0.1, -0.05) is 60.7 Å². The fourth-order valence-corrected chi connectivity index (χ4v) is 4.62. The molecule has 2 amide bonds. The third-order valence-electron chi connectivity index (χ3n) is 6.84. The van der Waals surface area contributed by atoms with Gasteiger partial charge >= 0.3 is 0 Å². The van der Waals surface area contributed by atoms with E-state index in [-0.39, 0.29) is 18.4 Å². The highest BCUT2D eigenvalue weighted by atomic mass is 16.5. The van der Waals surface area contributed by atoms with Crippen LogP contribution < -0.4 is 9.64 Å². The van der Waals surface area contributed by atoms with Crippen molar-refractivity contribution < 1.29 is 14.3 Å². The van der Waals surface area contributed by atoms with Crippen LogP contribution in [-0.4, -0.2) is 71.6 Å². The lowest BCUT2D eigenvalue weighted by atomic mass is 10.1. The number of methoxy groups -OCH3 is 1. The lowest BCUT2D eigenvalue weighted by molar-refractivity contribution is -0.132. The highest BCUT2D eigenvalue weighted by Crippen LogP contribution is 2.20. The first-order valence-corrected chi connectivity index (χ1v) is 13.0. The van der Waals surface area contributed by atoms with Gasteiger partial charge in [0.05, 0.1) is 12.8 Å². The van der Waals surface area contributed by atoms with Gasteiger partial charge in [-0.2, -0.15) is 0 Å². The molecule has 5 rings (SSSR count). The molecule has 3 aromatic carbocycles. The minimum Gasteiger partial charge on any atom is -0.497 e. The van der Waals surface area contributed by atoms with Gasteiger partial charge < -0.3 is 19.4 Å². The number of rotatable bonds is 8. The molecule has 0 N–H and O–H groups in total. The second-order valence-electron chi connectivity index (χ2n) is 9.39. The van der Waals surface area contributed by atoms with Crippen molar-refractivity contribution in [3.63, 3.8) is 0 Å². The highest BCUT2D eigenvalue weighted by Gasteiger charge is 2.26. The smallest absolute Gasteiger partial charge is 0.254 e. The average molecular weight is 522 g/mol. The lowest BCUT2D eigenvalue weighted by Crippen LogP contribution is -2.52. The van der Waals surface area contributed by atoms with E-state index in [0.29, 0.717) is 44.0 Å². The van der Waals surface area contributed by atoms with Crippen molar-refractivity contribution in [1.29, 1.82) is 0 Å². The summed E-state index contributed by atoms with van der Waals surface area (Å²) in [4.78, 5) is 32.3. The molecule has 1 aromatic heterocycles. The van der Waals surface area contributed by atoms with E-state index < -0.39 is 0 Å². The zero-order chi connectivity index (χ0) is 27.0. The number of aromatic nitrogens is 2. The van der Waals surface area contributed by atoms with Crippen LogP contribution >= 0.6 is 0 Å². The maximum Gasteiger partial charge on any atom is 0.254 e. The van der Waals surface area contributed by atoms with Crippen molar-refractivity contribution in [3.05, 3.63) is 108 Å². The maximum absolute atomic E-state index is 13.4. The predicted molar refractivity (Wildman–Crippen MR) is 150 cm³/mol. The predicted octanol–water partition coefficient (Wildman–Crippen LogP) is 4.14. The minimum atomic E-state index is -0.192. The summed E-state index contributed by atoms with van der Waals surface area (Å²) in [7, 11) is 1.59. The highest BCUT2D eigenvalue weighted by molar-refractivity contribution is 5.96. The van der Waals surface area contributed by atoms with Crippen LogP contribution in [0.1, 0.15) is 15.9 Å². The molecule has 0 saturated carbocycles. The number of amides is 2. The van der Waals surface area contributed by atoms with Gasteiger partial charge in [0.15, 0.2) is 5.82 Å². The molecule has 0 radical (unpaired) electrons. The number of piperazine rings is 1. The Bertz CT molecular complexity index is 1370. The van der Waals surface area contributed by atoms with Gasteiger partial charge in [0.1, 0.15) is 12.3 Å². The number of nitrogens with zero attached hydrogens (tertiary/aromatic N) is 5. The fraction of sp³-hybridized carbons (Fsp3) is 0.226. The molecule has 1 aliphatic rings. The lowest BCUT2D eigenvalue weighted by Gasteiger charge is -2.36. The summed E-state index contributed by atoms with van der Waals surface area (Å²) < 4.78 is 5.22. The van der Waals surface area contributed by atoms with E-state index in [0.717, 1.165) is 22.6 Å². The van der Waals surface area contributed by atoms with E-state index in [2.05, 4.69) is 15.1 Å². The molecular formula is C31H31N5O3. The second-order valence-corrected chi connectivity index (χ2v) is 9.39. The van der Waals surface area contributed by atoms with Crippen LogP contribution in [0.4, 0.5) is 5.82 Å². The Hall–Kier alpha value is -4.72. The number of ether oxygens (including phenoxy) is 1. The quantitative estimate of drug-likeness (QED) is 0.347.